The van der Waals surface area contributed by atoms with E-state index in [1.54, 1.807) is 0 Å². The Morgan fingerprint density at radius 1 is 1.33 bits per heavy atom. The molecule has 2 N–H and O–H groups in total. The molecule has 3 heteroatoms. The molecule has 0 spiro atoms. The lowest BCUT2D eigenvalue weighted by atomic mass is 10.1. The van der Waals surface area contributed by atoms with E-state index >= 15 is 0 Å². The minimum atomic E-state index is 0.161. The van der Waals surface area contributed by atoms with Crippen LogP contribution in [0.15, 0.2) is 30.7 Å². The second kappa shape index (κ2) is 5.36. The molecule has 1 aromatic heterocycles. The monoisotopic (exact) mass is 243 g/mol. The molecule has 0 aliphatic heterocycles. The summed E-state index contributed by atoms with van der Waals surface area (Å²) in [5.74, 6) is 0. The fourth-order valence-electron chi connectivity index (χ4n) is 2.10. The zero-order valence-corrected chi connectivity index (χ0v) is 11.4. The van der Waals surface area contributed by atoms with Gasteiger partial charge in [0.25, 0.3) is 0 Å². The van der Waals surface area contributed by atoms with E-state index in [1.165, 1.54) is 16.7 Å². The first-order chi connectivity index (χ1) is 8.54. The summed E-state index contributed by atoms with van der Waals surface area (Å²) in [5.41, 5.74) is 10.8. The molecular weight excluding hydrogens is 222 g/mol. The Bertz CT molecular complexity index is 526. The largest absolute Gasteiger partial charge is 0.333 e. The van der Waals surface area contributed by atoms with Crippen LogP contribution in [0.2, 0.25) is 0 Å². The molecule has 0 radical (unpaired) electrons. The topological polar surface area (TPSA) is 43.8 Å². The molecule has 0 aliphatic carbocycles. The number of aryl methyl sites for hydroxylation is 2. The summed E-state index contributed by atoms with van der Waals surface area (Å²) in [5, 5.41) is 0. The van der Waals surface area contributed by atoms with Crippen molar-refractivity contribution in [3.05, 3.63) is 53.1 Å². The van der Waals surface area contributed by atoms with Gasteiger partial charge >= 0.3 is 0 Å². The van der Waals surface area contributed by atoms with Gasteiger partial charge in [-0.05, 0) is 31.9 Å². The lowest BCUT2D eigenvalue weighted by Gasteiger charge is -2.07. The fraction of sp³-hybridized carbons (Fsp3) is 0.400. The Kier molecular flexibility index (Phi) is 3.82. The highest BCUT2D eigenvalue weighted by Crippen LogP contribution is 2.12. The van der Waals surface area contributed by atoms with Crippen LogP contribution in [0.4, 0.5) is 0 Å². The lowest BCUT2D eigenvalue weighted by Crippen LogP contribution is -2.17. The first-order valence-electron chi connectivity index (χ1n) is 6.37. The van der Waals surface area contributed by atoms with Crippen LogP contribution in [0.25, 0.3) is 0 Å². The van der Waals surface area contributed by atoms with Gasteiger partial charge in [-0.2, -0.15) is 0 Å². The van der Waals surface area contributed by atoms with Crippen molar-refractivity contribution in [3.63, 3.8) is 0 Å². The summed E-state index contributed by atoms with van der Waals surface area (Å²) in [6, 6.07) is 6.72. The molecule has 0 fully saturated rings. The van der Waals surface area contributed by atoms with Crippen LogP contribution in [-0.2, 0) is 13.0 Å². The van der Waals surface area contributed by atoms with E-state index in [2.05, 4.69) is 47.8 Å². The van der Waals surface area contributed by atoms with Crippen LogP contribution in [0.3, 0.4) is 0 Å². The molecule has 0 saturated carbocycles. The predicted molar refractivity (Wildman–Crippen MR) is 74.6 cm³/mol. The maximum absolute atomic E-state index is 5.78. The van der Waals surface area contributed by atoms with Gasteiger partial charge in [0.1, 0.15) is 0 Å². The normalized spacial score (nSPS) is 12.7. The summed E-state index contributed by atoms with van der Waals surface area (Å²) in [7, 11) is 0. The molecular formula is C15H21N3. The second-order valence-electron chi connectivity index (χ2n) is 5.15. The summed E-state index contributed by atoms with van der Waals surface area (Å²) < 4.78 is 2.12. The Labute approximate surface area is 109 Å². The first kappa shape index (κ1) is 12.8. The summed E-state index contributed by atoms with van der Waals surface area (Å²) >= 11 is 0. The molecule has 0 aliphatic rings. The Morgan fingerprint density at radius 3 is 2.83 bits per heavy atom. The molecule has 1 heterocycles. The zero-order valence-electron chi connectivity index (χ0n) is 11.4. The van der Waals surface area contributed by atoms with E-state index in [-0.39, 0.29) is 6.04 Å². The highest BCUT2D eigenvalue weighted by atomic mass is 15.0. The van der Waals surface area contributed by atoms with Crippen LogP contribution in [0, 0.1) is 13.8 Å². The lowest BCUT2D eigenvalue weighted by molar-refractivity contribution is 0.723. The molecule has 18 heavy (non-hydrogen) atoms. The van der Waals surface area contributed by atoms with Gasteiger partial charge in [0, 0.05) is 25.2 Å². The fourth-order valence-corrected chi connectivity index (χ4v) is 2.10. The van der Waals surface area contributed by atoms with Gasteiger partial charge < -0.3 is 10.3 Å². The molecule has 96 valence electrons. The van der Waals surface area contributed by atoms with E-state index < -0.39 is 0 Å². The molecule has 2 rings (SSSR count). The van der Waals surface area contributed by atoms with Crippen molar-refractivity contribution in [2.24, 2.45) is 5.73 Å². The van der Waals surface area contributed by atoms with Crippen molar-refractivity contribution in [3.8, 4) is 0 Å². The van der Waals surface area contributed by atoms with Crippen molar-refractivity contribution in [2.75, 3.05) is 0 Å². The molecule has 0 bridgehead atoms. The van der Waals surface area contributed by atoms with E-state index in [1.807, 2.05) is 13.3 Å². The number of rotatable bonds is 4. The minimum Gasteiger partial charge on any atom is -0.333 e. The van der Waals surface area contributed by atoms with E-state index in [0.717, 1.165) is 18.7 Å². The number of benzene rings is 1. The van der Waals surface area contributed by atoms with Crippen molar-refractivity contribution in [1.82, 2.24) is 9.55 Å². The predicted octanol–water partition coefficient (Wildman–Crippen LogP) is 2.44. The molecule has 1 atom stereocenters. The third kappa shape index (κ3) is 3.20. The maximum atomic E-state index is 5.78. The van der Waals surface area contributed by atoms with Gasteiger partial charge in [0.15, 0.2) is 0 Å². The van der Waals surface area contributed by atoms with Crippen LogP contribution in [0.1, 0.15) is 29.3 Å². The number of nitrogens with two attached hydrogens (primary N) is 1. The van der Waals surface area contributed by atoms with Crippen LogP contribution in [-0.4, -0.2) is 15.6 Å². The molecule has 1 aromatic carbocycles. The number of nitrogens with zero attached hydrogens (tertiary/aromatic N) is 2. The van der Waals surface area contributed by atoms with Crippen molar-refractivity contribution < 1.29 is 0 Å². The van der Waals surface area contributed by atoms with Gasteiger partial charge in [-0.3, -0.25) is 0 Å². The number of aromatic nitrogens is 2. The number of hydrogen-bond donors (Lipinski definition) is 1. The van der Waals surface area contributed by atoms with Gasteiger partial charge in [-0.15, -0.1) is 0 Å². The Balaban J connectivity index is 2.13. The zero-order chi connectivity index (χ0) is 13.1. The van der Waals surface area contributed by atoms with Gasteiger partial charge in [0.2, 0.25) is 0 Å². The molecule has 0 saturated heterocycles. The SMILES string of the molecule is Cc1ccc(C)c(Cn2cnc(CC(C)N)c2)c1. The average molecular weight is 243 g/mol. The van der Waals surface area contributed by atoms with E-state index in [0.29, 0.717) is 0 Å². The van der Waals surface area contributed by atoms with E-state index in [9.17, 15) is 0 Å². The Hall–Kier alpha value is -1.61. The molecule has 2 aromatic rings. The smallest absolute Gasteiger partial charge is 0.0952 e. The second-order valence-corrected chi connectivity index (χ2v) is 5.15. The van der Waals surface area contributed by atoms with Crippen LogP contribution in [0.5, 0.6) is 0 Å². The quantitative estimate of drug-likeness (QED) is 0.896. The highest BCUT2D eigenvalue weighted by molar-refractivity contribution is 5.30. The highest BCUT2D eigenvalue weighted by Gasteiger charge is 2.04. The van der Waals surface area contributed by atoms with Crippen molar-refractivity contribution in [2.45, 2.75) is 39.8 Å². The standard InChI is InChI=1S/C15H21N3/c1-11-4-5-12(2)14(6-11)8-18-9-15(17-10-18)7-13(3)16/h4-6,9-10,13H,7-8,16H2,1-3H3. The summed E-state index contributed by atoms with van der Waals surface area (Å²) in [6.45, 7) is 7.15. The number of imidazole rings is 1. The number of hydrogen-bond acceptors (Lipinski definition) is 2. The van der Waals surface area contributed by atoms with Crippen molar-refractivity contribution in [1.29, 1.82) is 0 Å². The average Bonchev–Trinajstić information content (AvgIpc) is 2.70. The van der Waals surface area contributed by atoms with Crippen LogP contribution < -0.4 is 5.73 Å². The molecule has 0 amide bonds. The minimum absolute atomic E-state index is 0.161. The molecule has 3 nitrogen and oxygen atoms in total. The van der Waals surface area contributed by atoms with Crippen molar-refractivity contribution >= 4 is 0 Å². The van der Waals surface area contributed by atoms with Crippen LogP contribution >= 0.6 is 0 Å². The summed E-state index contributed by atoms with van der Waals surface area (Å²) in [4.78, 5) is 4.39. The third-order valence-electron chi connectivity index (χ3n) is 3.08. The van der Waals surface area contributed by atoms with Gasteiger partial charge in [-0.25, -0.2) is 4.98 Å². The molecule has 1 unspecified atom stereocenters. The van der Waals surface area contributed by atoms with E-state index in [4.69, 9.17) is 5.73 Å². The van der Waals surface area contributed by atoms with Gasteiger partial charge in [0.05, 0.1) is 12.0 Å². The maximum Gasteiger partial charge on any atom is 0.0952 e. The summed E-state index contributed by atoms with van der Waals surface area (Å²) in [6.07, 6.45) is 4.81. The van der Waals surface area contributed by atoms with Gasteiger partial charge in [-0.1, -0.05) is 23.8 Å². The Morgan fingerprint density at radius 2 is 2.11 bits per heavy atom. The first-order valence-corrected chi connectivity index (χ1v) is 6.37. The third-order valence-corrected chi connectivity index (χ3v) is 3.08.